The maximum absolute atomic E-state index is 13.8. The highest BCUT2D eigenvalue weighted by molar-refractivity contribution is 9.10. The van der Waals surface area contributed by atoms with E-state index in [1.165, 1.54) is 14.0 Å². The number of esters is 1. The van der Waals surface area contributed by atoms with Crippen molar-refractivity contribution in [3.8, 4) is 11.5 Å². The zero-order valence-electron chi connectivity index (χ0n) is 9.48. The second kappa shape index (κ2) is 4.82. The van der Waals surface area contributed by atoms with Gasteiger partial charge in [-0.15, -0.1) is 0 Å². The fourth-order valence-corrected chi connectivity index (χ4v) is 2.06. The second-order valence-electron chi connectivity index (χ2n) is 3.33. The van der Waals surface area contributed by atoms with Gasteiger partial charge in [-0.05, 0) is 40.9 Å². The van der Waals surface area contributed by atoms with Gasteiger partial charge >= 0.3 is 5.97 Å². The molecule has 0 atom stereocenters. The first-order valence-corrected chi connectivity index (χ1v) is 5.40. The molecule has 1 aromatic carbocycles. The topological polar surface area (TPSA) is 35.5 Å². The fraction of sp³-hybridized carbons (Fsp3) is 0.364. The van der Waals surface area contributed by atoms with E-state index in [2.05, 4.69) is 15.9 Å². The Morgan fingerprint density at radius 2 is 1.81 bits per heavy atom. The molecule has 0 radical (unpaired) electrons. The Labute approximate surface area is 102 Å². The third kappa shape index (κ3) is 2.19. The summed E-state index contributed by atoms with van der Waals surface area (Å²) in [6, 6.07) is 0. The van der Waals surface area contributed by atoms with Crippen LogP contribution in [0.2, 0.25) is 0 Å². The number of ether oxygens (including phenoxy) is 2. The molecule has 0 unspecified atom stereocenters. The summed E-state index contributed by atoms with van der Waals surface area (Å²) in [6.45, 7) is 4.56. The van der Waals surface area contributed by atoms with Crippen molar-refractivity contribution in [3.63, 3.8) is 0 Å². The van der Waals surface area contributed by atoms with Crippen LogP contribution in [0.1, 0.15) is 18.1 Å². The SMILES string of the molecule is COc1c(C)c(C)c(F)c(OC(C)=O)c1Br. The monoisotopic (exact) mass is 290 g/mol. The van der Waals surface area contributed by atoms with Crippen LogP contribution in [0.3, 0.4) is 0 Å². The van der Waals surface area contributed by atoms with Crippen LogP contribution >= 0.6 is 15.9 Å². The van der Waals surface area contributed by atoms with Crippen LogP contribution in [-0.2, 0) is 4.79 Å². The van der Waals surface area contributed by atoms with E-state index in [4.69, 9.17) is 9.47 Å². The van der Waals surface area contributed by atoms with Crippen LogP contribution in [0.25, 0.3) is 0 Å². The van der Waals surface area contributed by atoms with Crippen molar-refractivity contribution in [2.75, 3.05) is 7.11 Å². The normalized spacial score (nSPS) is 10.1. The summed E-state index contributed by atoms with van der Waals surface area (Å²) in [6.07, 6.45) is 0. The van der Waals surface area contributed by atoms with E-state index in [1.54, 1.807) is 13.8 Å². The van der Waals surface area contributed by atoms with Crippen LogP contribution in [0, 0.1) is 19.7 Å². The fourth-order valence-electron chi connectivity index (χ4n) is 1.35. The molecule has 0 N–H and O–H groups in total. The first kappa shape index (κ1) is 13.0. The Morgan fingerprint density at radius 1 is 1.25 bits per heavy atom. The highest BCUT2D eigenvalue weighted by Gasteiger charge is 2.21. The third-order valence-electron chi connectivity index (χ3n) is 2.28. The van der Waals surface area contributed by atoms with Crippen LogP contribution in [-0.4, -0.2) is 13.1 Å². The number of carbonyl (C=O) groups is 1. The van der Waals surface area contributed by atoms with E-state index in [1.807, 2.05) is 0 Å². The smallest absolute Gasteiger partial charge is 0.308 e. The van der Waals surface area contributed by atoms with Gasteiger partial charge in [0.2, 0.25) is 0 Å². The first-order chi connectivity index (χ1) is 7.40. The first-order valence-electron chi connectivity index (χ1n) is 4.60. The van der Waals surface area contributed by atoms with Crippen LogP contribution in [0.15, 0.2) is 4.47 Å². The summed E-state index contributed by atoms with van der Waals surface area (Å²) in [5, 5.41) is 0. The second-order valence-corrected chi connectivity index (χ2v) is 4.13. The Kier molecular flexibility index (Phi) is 3.91. The molecule has 0 aliphatic carbocycles. The summed E-state index contributed by atoms with van der Waals surface area (Å²) in [5.74, 6) is -0.798. The van der Waals surface area contributed by atoms with Gasteiger partial charge in [-0.2, -0.15) is 0 Å². The molecule has 1 aromatic rings. The largest absolute Gasteiger partial charge is 0.495 e. The quantitative estimate of drug-likeness (QED) is 0.620. The number of carbonyl (C=O) groups excluding carboxylic acids is 1. The molecule has 3 nitrogen and oxygen atoms in total. The maximum Gasteiger partial charge on any atom is 0.308 e. The van der Waals surface area contributed by atoms with Gasteiger partial charge in [0, 0.05) is 6.92 Å². The van der Waals surface area contributed by atoms with Crippen molar-refractivity contribution >= 4 is 21.9 Å². The van der Waals surface area contributed by atoms with Gasteiger partial charge in [0.25, 0.3) is 0 Å². The summed E-state index contributed by atoms with van der Waals surface area (Å²) >= 11 is 3.16. The van der Waals surface area contributed by atoms with E-state index >= 15 is 0 Å². The molecule has 1 rings (SSSR count). The molecule has 0 heterocycles. The van der Waals surface area contributed by atoms with Crippen LogP contribution in [0.4, 0.5) is 4.39 Å². The molecule has 16 heavy (non-hydrogen) atoms. The Hall–Kier alpha value is -1.10. The molecule has 5 heteroatoms. The number of hydrogen-bond donors (Lipinski definition) is 0. The van der Waals surface area contributed by atoms with Gasteiger partial charge in [-0.3, -0.25) is 4.79 Å². The summed E-state index contributed by atoms with van der Waals surface area (Å²) in [5.41, 5.74) is 1.07. The molecule has 0 bridgehead atoms. The van der Waals surface area contributed by atoms with E-state index in [0.717, 1.165) is 0 Å². The van der Waals surface area contributed by atoms with E-state index in [-0.39, 0.29) is 5.75 Å². The Balaban J connectivity index is 3.48. The van der Waals surface area contributed by atoms with Crippen molar-refractivity contribution < 1.29 is 18.7 Å². The lowest BCUT2D eigenvalue weighted by molar-refractivity contribution is -0.132. The van der Waals surface area contributed by atoms with E-state index < -0.39 is 11.8 Å². The van der Waals surface area contributed by atoms with Crippen molar-refractivity contribution in [3.05, 3.63) is 21.4 Å². The van der Waals surface area contributed by atoms with Crippen molar-refractivity contribution in [2.24, 2.45) is 0 Å². The lowest BCUT2D eigenvalue weighted by atomic mass is 10.1. The van der Waals surface area contributed by atoms with E-state index in [9.17, 15) is 9.18 Å². The van der Waals surface area contributed by atoms with Crippen molar-refractivity contribution in [1.82, 2.24) is 0 Å². The predicted molar refractivity (Wildman–Crippen MR) is 61.4 cm³/mol. The minimum absolute atomic E-state index is 0.132. The lowest BCUT2D eigenvalue weighted by Crippen LogP contribution is -2.07. The zero-order valence-corrected chi connectivity index (χ0v) is 11.1. The average molecular weight is 291 g/mol. The minimum Gasteiger partial charge on any atom is -0.495 e. The van der Waals surface area contributed by atoms with E-state index in [0.29, 0.717) is 21.3 Å². The van der Waals surface area contributed by atoms with Gasteiger partial charge in [-0.25, -0.2) is 4.39 Å². The molecule has 88 valence electrons. The highest BCUT2D eigenvalue weighted by atomic mass is 79.9. The minimum atomic E-state index is -0.579. The molecule has 0 fully saturated rings. The maximum atomic E-state index is 13.8. The summed E-state index contributed by atoms with van der Waals surface area (Å²) < 4.78 is 24.1. The van der Waals surface area contributed by atoms with Gasteiger partial charge in [0.15, 0.2) is 11.6 Å². The molecule has 0 amide bonds. The average Bonchev–Trinajstić information content (AvgIpc) is 2.22. The molecule has 0 aromatic heterocycles. The van der Waals surface area contributed by atoms with Gasteiger partial charge in [0.05, 0.1) is 7.11 Å². The van der Waals surface area contributed by atoms with Gasteiger partial charge in [0.1, 0.15) is 10.2 Å². The Bertz CT molecular complexity index is 444. The molecule has 0 aliphatic heterocycles. The van der Waals surface area contributed by atoms with Gasteiger partial charge < -0.3 is 9.47 Å². The number of rotatable bonds is 2. The molecule has 0 saturated carbocycles. The van der Waals surface area contributed by atoms with Crippen molar-refractivity contribution in [2.45, 2.75) is 20.8 Å². The predicted octanol–water partition coefficient (Wildman–Crippen LogP) is 3.14. The number of hydrogen-bond acceptors (Lipinski definition) is 3. The molecule has 0 spiro atoms. The Morgan fingerprint density at radius 3 is 2.25 bits per heavy atom. The number of methoxy groups -OCH3 is 1. The van der Waals surface area contributed by atoms with Crippen LogP contribution in [0.5, 0.6) is 11.5 Å². The zero-order chi connectivity index (χ0) is 12.5. The van der Waals surface area contributed by atoms with Crippen LogP contribution < -0.4 is 9.47 Å². The third-order valence-corrected chi connectivity index (χ3v) is 3.00. The van der Waals surface area contributed by atoms with Gasteiger partial charge in [-0.1, -0.05) is 0 Å². The summed E-state index contributed by atoms with van der Waals surface area (Å²) in [7, 11) is 1.47. The molecule has 0 saturated heterocycles. The van der Waals surface area contributed by atoms with Crippen molar-refractivity contribution in [1.29, 1.82) is 0 Å². The summed E-state index contributed by atoms with van der Waals surface area (Å²) in [4.78, 5) is 10.9. The number of benzene rings is 1. The molecular formula is C11H12BrFO3. The molecule has 0 aliphatic rings. The number of halogens is 2. The standard InChI is InChI=1S/C11H12BrFO3/c1-5-6(2)10(15-4)8(12)11(9(5)13)16-7(3)14/h1-4H3. The lowest BCUT2D eigenvalue weighted by Gasteiger charge is -2.15. The molecular weight excluding hydrogens is 279 g/mol. The highest BCUT2D eigenvalue weighted by Crippen LogP contribution is 2.41.